The lowest BCUT2D eigenvalue weighted by Gasteiger charge is -2.30. The molecule has 0 radical (unpaired) electrons. The average Bonchev–Trinajstić information content (AvgIpc) is 3.05. The zero-order valence-corrected chi connectivity index (χ0v) is 14.1. The Kier molecular flexibility index (Phi) is 3.98. The summed E-state index contributed by atoms with van der Waals surface area (Å²) in [6, 6.07) is 14.6. The maximum Gasteiger partial charge on any atom is 0.254 e. The first-order valence-electron chi connectivity index (χ1n) is 8.64. The third-order valence-electron chi connectivity index (χ3n) is 4.92. The van der Waals surface area contributed by atoms with Crippen molar-refractivity contribution in [1.82, 2.24) is 10.2 Å². The van der Waals surface area contributed by atoms with Gasteiger partial charge in [-0.3, -0.25) is 4.79 Å². The Hall–Kier alpha value is -2.33. The lowest BCUT2D eigenvalue weighted by molar-refractivity contribution is 0.0751. The molecule has 2 aromatic carbocycles. The molecule has 0 bridgehead atoms. The highest BCUT2D eigenvalue weighted by Gasteiger charge is 2.24. The molecular weight excluding hydrogens is 298 g/mol. The van der Waals surface area contributed by atoms with E-state index in [-0.39, 0.29) is 5.91 Å². The predicted molar refractivity (Wildman–Crippen MR) is 96.3 cm³/mol. The molecule has 124 valence electrons. The van der Waals surface area contributed by atoms with E-state index in [1.807, 2.05) is 23.1 Å². The molecule has 24 heavy (non-hydrogen) atoms. The van der Waals surface area contributed by atoms with Crippen LogP contribution in [0.5, 0.6) is 0 Å². The minimum Gasteiger partial charge on any atom is -0.369 e. The summed E-state index contributed by atoms with van der Waals surface area (Å²) in [5, 5.41) is 3.37. The normalized spacial score (nSPS) is 17.0. The minimum atomic E-state index is 0.131. The Morgan fingerprint density at radius 3 is 2.33 bits per heavy atom. The molecule has 0 unspecified atom stereocenters. The first kappa shape index (κ1) is 15.2. The zero-order chi connectivity index (χ0) is 16.5. The summed E-state index contributed by atoms with van der Waals surface area (Å²) in [5.74, 6) is 0.131. The van der Waals surface area contributed by atoms with Gasteiger partial charge in [-0.05, 0) is 41.8 Å². The molecule has 0 atom stereocenters. The van der Waals surface area contributed by atoms with Crippen LogP contribution in [0.4, 0.5) is 5.69 Å². The molecule has 1 amide bonds. The molecule has 2 aromatic rings. The number of fused-ring (bicyclic) bond motifs is 1. The number of nitrogens with zero attached hydrogens (tertiary/aromatic N) is 2. The first-order valence-corrected chi connectivity index (χ1v) is 8.64. The molecule has 0 saturated carbocycles. The lowest BCUT2D eigenvalue weighted by Crippen LogP contribution is -2.43. The van der Waals surface area contributed by atoms with Crippen LogP contribution >= 0.6 is 0 Å². The second-order valence-corrected chi connectivity index (χ2v) is 6.72. The van der Waals surface area contributed by atoms with E-state index >= 15 is 0 Å². The van der Waals surface area contributed by atoms with Crippen LogP contribution in [0.3, 0.4) is 0 Å². The topological polar surface area (TPSA) is 35.6 Å². The van der Waals surface area contributed by atoms with E-state index in [1.165, 1.54) is 11.1 Å². The molecule has 2 aliphatic rings. The number of carbonyl (C=O) groups is 1. The van der Waals surface area contributed by atoms with E-state index < -0.39 is 0 Å². The maximum absolute atomic E-state index is 13.0. The Bertz CT molecular complexity index is 740. The van der Waals surface area contributed by atoms with Crippen LogP contribution in [0.2, 0.25) is 0 Å². The predicted octanol–water partition coefficient (Wildman–Crippen LogP) is 2.56. The van der Waals surface area contributed by atoms with Crippen molar-refractivity contribution in [2.24, 2.45) is 0 Å². The molecule has 4 nitrogen and oxygen atoms in total. The minimum absolute atomic E-state index is 0.131. The quantitative estimate of drug-likeness (QED) is 0.923. The molecule has 1 fully saturated rings. The van der Waals surface area contributed by atoms with E-state index in [0.29, 0.717) is 13.1 Å². The third kappa shape index (κ3) is 2.89. The monoisotopic (exact) mass is 321 g/mol. The Labute approximate surface area is 143 Å². The Morgan fingerprint density at radius 2 is 1.67 bits per heavy atom. The van der Waals surface area contributed by atoms with Gasteiger partial charge in [0.05, 0.1) is 0 Å². The summed E-state index contributed by atoms with van der Waals surface area (Å²) in [6.07, 6.45) is 0. The summed E-state index contributed by atoms with van der Waals surface area (Å²) in [4.78, 5) is 17.3. The Balaban J connectivity index is 1.58. The number of aryl methyl sites for hydroxylation is 1. The molecule has 0 spiro atoms. The van der Waals surface area contributed by atoms with E-state index in [1.54, 1.807) is 0 Å². The number of carbonyl (C=O) groups excluding carboxylic acids is 1. The van der Waals surface area contributed by atoms with Gasteiger partial charge in [-0.15, -0.1) is 0 Å². The largest absolute Gasteiger partial charge is 0.369 e. The van der Waals surface area contributed by atoms with Gasteiger partial charge in [0.15, 0.2) is 0 Å². The number of nitrogens with one attached hydrogen (secondary N) is 1. The number of hydrogen-bond donors (Lipinski definition) is 1. The fraction of sp³-hybridized carbons (Fsp3) is 0.350. The summed E-state index contributed by atoms with van der Waals surface area (Å²) < 4.78 is 0. The van der Waals surface area contributed by atoms with Gasteiger partial charge >= 0.3 is 0 Å². The van der Waals surface area contributed by atoms with Gasteiger partial charge in [0, 0.05) is 50.5 Å². The molecule has 4 rings (SSSR count). The highest BCUT2D eigenvalue weighted by atomic mass is 16.2. The summed E-state index contributed by atoms with van der Waals surface area (Å²) in [6.45, 7) is 7.48. The molecule has 2 heterocycles. The average molecular weight is 321 g/mol. The van der Waals surface area contributed by atoms with Crippen LogP contribution in [0, 0.1) is 6.92 Å². The van der Waals surface area contributed by atoms with E-state index in [2.05, 4.69) is 41.4 Å². The van der Waals surface area contributed by atoms with Gasteiger partial charge in [0.2, 0.25) is 0 Å². The molecule has 1 N–H and O–H groups in total. The second-order valence-electron chi connectivity index (χ2n) is 6.72. The van der Waals surface area contributed by atoms with Gasteiger partial charge in [-0.1, -0.05) is 24.3 Å². The second kappa shape index (κ2) is 6.29. The first-order chi connectivity index (χ1) is 11.7. The lowest BCUT2D eigenvalue weighted by atomic mass is 10.1. The molecule has 2 aliphatic heterocycles. The number of amides is 1. The van der Waals surface area contributed by atoms with E-state index in [4.69, 9.17) is 0 Å². The van der Waals surface area contributed by atoms with E-state index in [0.717, 1.165) is 43.0 Å². The third-order valence-corrected chi connectivity index (χ3v) is 4.92. The van der Waals surface area contributed by atoms with Crippen molar-refractivity contribution < 1.29 is 4.79 Å². The summed E-state index contributed by atoms with van der Waals surface area (Å²) in [7, 11) is 0. The maximum atomic E-state index is 13.0. The van der Waals surface area contributed by atoms with Gasteiger partial charge < -0.3 is 15.1 Å². The molecular formula is C20H23N3O. The fourth-order valence-electron chi connectivity index (χ4n) is 3.65. The number of rotatable bonds is 2. The van der Waals surface area contributed by atoms with Crippen molar-refractivity contribution in [3.8, 4) is 0 Å². The van der Waals surface area contributed by atoms with E-state index in [9.17, 15) is 4.79 Å². The number of hydrogen-bond acceptors (Lipinski definition) is 3. The highest BCUT2D eigenvalue weighted by molar-refractivity contribution is 5.95. The van der Waals surface area contributed by atoms with Gasteiger partial charge in [0.1, 0.15) is 0 Å². The van der Waals surface area contributed by atoms with Gasteiger partial charge in [-0.25, -0.2) is 0 Å². The summed E-state index contributed by atoms with van der Waals surface area (Å²) >= 11 is 0. The van der Waals surface area contributed by atoms with Crippen molar-refractivity contribution in [3.05, 3.63) is 64.7 Å². The SMILES string of the molecule is Cc1cc(C(=O)N2Cc3ccccc3C2)cc(N2CCNCC2)c1. The van der Waals surface area contributed by atoms with Crippen LogP contribution in [-0.4, -0.2) is 37.0 Å². The zero-order valence-electron chi connectivity index (χ0n) is 14.1. The Morgan fingerprint density at radius 1 is 1.00 bits per heavy atom. The van der Waals surface area contributed by atoms with Crippen LogP contribution in [0.1, 0.15) is 27.0 Å². The number of benzene rings is 2. The van der Waals surface area contributed by atoms with Crippen molar-refractivity contribution in [1.29, 1.82) is 0 Å². The molecule has 1 saturated heterocycles. The molecule has 0 aromatic heterocycles. The number of anilines is 1. The van der Waals surface area contributed by atoms with Gasteiger partial charge in [0.25, 0.3) is 5.91 Å². The fourth-order valence-corrected chi connectivity index (χ4v) is 3.65. The van der Waals surface area contributed by atoms with Crippen molar-refractivity contribution >= 4 is 11.6 Å². The smallest absolute Gasteiger partial charge is 0.254 e. The number of piperazine rings is 1. The van der Waals surface area contributed by atoms with Gasteiger partial charge in [-0.2, -0.15) is 0 Å². The van der Waals surface area contributed by atoms with Crippen molar-refractivity contribution in [2.75, 3.05) is 31.1 Å². The standard InChI is InChI=1S/C20H23N3O/c1-15-10-18(12-19(11-15)22-8-6-21-7-9-22)20(24)23-13-16-4-2-3-5-17(16)14-23/h2-5,10-12,21H,6-9,13-14H2,1H3. The highest BCUT2D eigenvalue weighted by Crippen LogP contribution is 2.26. The molecule has 4 heteroatoms. The summed E-state index contributed by atoms with van der Waals surface area (Å²) in [5.41, 5.74) is 5.64. The molecule has 0 aliphatic carbocycles. The van der Waals surface area contributed by atoms with Crippen LogP contribution in [-0.2, 0) is 13.1 Å². The van der Waals surface area contributed by atoms with Crippen molar-refractivity contribution in [3.63, 3.8) is 0 Å². The van der Waals surface area contributed by atoms with Crippen LogP contribution in [0.15, 0.2) is 42.5 Å². The van der Waals surface area contributed by atoms with Crippen molar-refractivity contribution in [2.45, 2.75) is 20.0 Å². The van der Waals surface area contributed by atoms with Crippen LogP contribution in [0.25, 0.3) is 0 Å². The van der Waals surface area contributed by atoms with Crippen LogP contribution < -0.4 is 10.2 Å².